The number of hydrogen-bond acceptors (Lipinski definition) is 5. The summed E-state index contributed by atoms with van der Waals surface area (Å²) in [5.41, 5.74) is 0.544. The molecule has 3 unspecified atom stereocenters. The lowest BCUT2D eigenvalue weighted by molar-refractivity contribution is 0.0397. The van der Waals surface area contributed by atoms with Crippen LogP contribution >= 0.6 is 11.5 Å². The fourth-order valence-corrected chi connectivity index (χ4v) is 4.77. The number of methoxy groups -OCH3 is 1. The molecule has 2 bridgehead atoms. The van der Waals surface area contributed by atoms with E-state index in [-0.39, 0.29) is 11.9 Å². The minimum Gasteiger partial charge on any atom is -0.497 e. The standard InChI is InChI=1S/C17H21N3O2S/c1-20-9-10-3-4-11(20)7-14(10)18-17(21)16-13-6-5-12(22-2)8-15(13)23-19-16/h5-6,8,10-11,14H,3-4,7,9H2,1-2H3,(H,18,21). The highest BCUT2D eigenvalue weighted by Crippen LogP contribution is 2.34. The lowest BCUT2D eigenvalue weighted by atomic mass is 9.76. The smallest absolute Gasteiger partial charge is 0.271 e. The third kappa shape index (κ3) is 2.60. The van der Waals surface area contributed by atoms with Crippen LogP contribution in [0.1, 0.15) is 29.8 Å². The quantitative estimate of drug-likeness (QED) is 0.939. The van der Waals surface area contributed by atoms with Gasteiger partial charge in [-0.2, -0.15) is 4.37 Å². The molecule has 5 nitrogen and oxygen atoms in total. The summed E-state index contributed by atoms with van der Waals surface area (Å²) in [7, 11) is 3.83. The van der Waals surface area contributed by atoms with E-state index in [4.69, 9.17) is 4.74 Å². The molecule has 2 aliphatic heterocycles. The Morgan fingerprint density at radius 2 is 2.30 bits per heavy atom. The van der Waals surface area contributed by atoms with Gasteiger partial charge in [-0.15, -0.1) is 0 Å². The monoisotopic (exact) mass is 331 g/mol. The second-order valence-corrected chi connectivity index (χ2v) is 7.44. The van der Waals surface area contributed by atoms with Crippen molar-refractivity contribution in [3.63, 3.8) is 0 Å². The van der Waals surface area contributed by atoms with Crippen LogP contribution in [0.2, 0.25) is 0 Å². The number of aromatic nitrogens is 1. The van der Waals surface area contributed by atoms with E-state index in [0.29, 0.717) is 17.7 Å². The fraction of sp³-hybridized carbons (Fsp3) is 0.529. The third-order valence-electron chi connectivity index (χ3n) is 5.32. The topological polar surface area (TPSA) is 54.5 Å². The van der Waals surface area contributed by atoms with Crippen LogP contribution in [0.4, 0.5) is 0 Å². The number of piperidine rings is 2. The number of carbonyl (C=O) groups is 1. The van der Waals surface area contributed by atoms with Crippen molar-refractivity contribution in [2.24, 2.45) is 5.92 Å². The Labute approximate surface area is 139 Å². The summed E-state index contributed by atoms with van der Waals surface area (Å²) >= 11 is 1.35. The van der Waals surface area contributed by atoms with Crippen LogP contribution in [0.3, 0.4) is 0 Å². The summed E-state index contributed by atoms with van der Waals surface area (Å²) in [6.45, 7) is 1.09. The number of amides is 1. The Balaban J connectivity index is 1.54. The van der Waals surface area contributed by atoms with Crippen LogP contribution in [-0.4, -0.2) is 48.0 Å². The molecule has 1 aromatic carbocycles. The molecule has 2 aromatic rings. The summed E-state index contributed by atoms with van der Waals surface area (Å²) in [6, 6.07) is 6.63. The second kappa shape index (κ2) is 5.76. The van der Waals surface area contributed by atoms with Crippen molar-refractivity contribution in [1.82, 2.24) is 14.6 Å². The molecule has 3 fully saturated rings. The lowest BCUT2D eigenvalue weighted by Crippen LogP contribution is -2.57. The van der Waals surface area contributed by atoms with Gasteiger partial charge in [-0.25, -0.2) is 0 Å². The summed E-state index contributed by atoms with van der Waals surface area (Å²) < 4.78 is 10.6. The zero-order valence-corrected chi connectivity index (χ0v) is 14.2. The molecule has 3 aliphatic rings. The predicted molar refractivity (Wildman–Crippen MR) is 91.2 cm³/mol. The molecule has 1 amide bonds. The predicted octanol–water partition coefficient (Wildman–Crippen LogP) is 2.52. The van der Waals surface area contributed by atoms with Crippen LogP contribution in [0.25, 0.3) is 10.1 Å². The maximum atomic E-state index is 12.7. The molecule has 0 spiro atoms. The van der Waals surface area contributed by atoms with Gasteiger partial charge in [0.2, 0.25) is 0 Å². The highest BCUT2D eigenvalue weighted by Gasteiger charge is 2.39. The normalized spacial score (nSPS) is 27.3. The Hall–Kier alpha value is -1.66. The molecule has 3 atom stereocenters. The van der Waals surface area contributed by atoms with Gasteiger partial charge in [0, 0.05) is 24.0 Å². The van der Waals surface area contributed by atoms with Crippen molar-refractivity contribution in [3.8, 4) is 5.75 Å². The third-order valence-corrected chi connectivity index (χ3v) is 6.13. The molecule has 1 saturated carbocycles. The Kier molecular flexibility index (Phi) is 3.73. The molecule has 6 heteroatoms. The Morgan fingerprint density at radius 3 is 3.00 bits per heavy atom. The van der Waals surface area contributed by atoms with E-state index < -0.39 is 0 Å². The first-order chi connectivity index (χ1) is 11.2. The largest absolute Gasteiger partial charge is 0.497 e. The van der Waals surface area contributed by atoms with Crippen LogP contribution in [-0.2, 0) is 0 Å². The number of nitrogens with one attached hydrogen (secondary N) is 1. The average Bonchev–Trinajstić information content (AvgIpc) is 2.99. The molecule has 1 aliphatic carbocycles. The van der Waals surface area contributed by atoms with Crippen LogP contribution in [0.5, 0.6) is 5.75 Å². The highest BCUT2D eigenvalue weighted by molar-refractivity contribution is 7.13. The number of hydrogen-bond donors (Lipinski definition) is 1. The summed E-state index contributed by atoms with van der Waals surface area (Å²) in [4.78, 5) is 15.1. The number of ether oxygens (including phenoxy) is 1. The molecule has 3 heterocycles. The summed E-state index contributed by atoms with van der Waals surface area (Å²) in [5, 5.41) is 4.15. The van der Waals surface area contributed by atoms with Crippen LogP contribution < -0.4 is 10.1 Å². The van der Waals surface area contributed by atoms with Gasteiger partial charge in [-0.05, 0) is 62.0 Å². The number of carbonyl (C=O) groups excluding carboxylic acids is 1. The number of benzene rings is 1. The second-order valence-electron chi connectivity index (χ2n) is 6.64. The van der Waals surface area contributed by atoms with Crippen LogP contribution in [0.15, 0.2) is 18.2 Å². The van der Waals surface area contributed by atoms with Crippen molar-refractivity contribution in [2.75, 3.05) is 20.7 Å². The van der Waals surface area contributed by atoms with Gasteiger partial charge in [-0.3, -0.25) is 4.79 Å². The first-order valence-corrected chi connectivity index (χ1v) is 8.87. The van der Waals surface area contributed by atoms with E-state index in [1.165, 1.54) is 24.4 Å². The van der Waals surface area contributed by atoms with E-state index in [9.17, 15) is 4.79 Å². The average molecular weight is 331 g/mol. The highest BCUT2D eigenvalue weighted by atomic mass is 32.1. The first-order valence-electron chi connectivity index (χ1n) is 8.10. The maximum Gasteiger partial charge on any atom is 0.271 e. The molecule has 5 rings (SSSR count). The molecular weight excluding hydrogens is 310 g/mol. The maximum absolute atomic E-state index is 12.7. The van der Waals surface area contributed by atoms with E-state index in [1.54, 1.807) is 7.11 Å². The van der Waals surface area contributed by atoms with Gasteiger partial charge < -0.3 is 15.0 Å². The van der Waals surface area contributed by atoms with Crippen LogP contribution in [0, 0.1) is 5.92 Å². The molecular formula is C17H21N3O2S. The van der Waals surface area contributed by atoms with Gasteiger partial charge in [0.25, 0.3) is 5.91 Å². The van der Waals surface area contributed by atoms with E-state index in [2.05, 4.69) is 21.6 Å². The van der Waals surface area contributed by atoms with Gasteiger partial charge >= 0.3 is 0 Å². The van der Waals surface area contributed by atoms with Gasteiger partial charge in [0.15, 0.2) is 0 Å². The summed E-state index contributed by atoms with van der Waals surface area (Å²) in [6.07, 6.45) is 3.53. The first kappa shape index (κ1) is 14.9. The minimum atomic E-state index is -0.0402. The zero-order chi connectivity index (χ0) is 16.0. The van der Waals surface area contributed by atoms with E-state index in [1.807, 2.05) is 18.2 Å². The Bertz CT molecular complexity index is 745. The van der Waals surface area contributed by atoms with E-state index in [0.717, 1.165) is 28.8 Å². The zero-order valence-electron chi connectivity index (χ0n) is 13.4. The van der Waals surface area contributed by atoms with Crippen molar-refractivity contribution < 1.29 is 9.53 Å². The lowest BCUT2D eigenvalue weighted by Gasteiger charge is -2.48. The SMILES string of the molecule is COc1ccc2c(C(=O)NC3CC4CCC3CN4C)nsc2c1. The molecule has 2 saturated heterocycles. The number of fused-ring (bicyclic) bond motifs is 4. The molecule has 23 heavy (non-hydrogen) atoms. The summed E-state index contributed by atoms with van der Waals surface area (Å²) in [5.74, 6) is 1.32. The Morgan fingerprint density at radius 1 is 1.43 bits per heavy atom. The van der Waals surface area contributed by atoms with Gasteiger partial charge in [0.1, 0.15) is 11.4 Å². The van der Waals surface area contributed by atoms with Crippen molar-refractivity contribution in [2.45, 2.75) is 31.3 Å². The molecule has 1 aromatic heterocycles. The van der Waals surface area contributed by atoms with E-state index >= 15 is 0 Å². The minimum absolute atomic E-state index is 0.0402. The van der Waals surface area contributed by atoms with Crippen molar-refractivity contribution >= 4 is 27.5 Å². The van der Waals surface area contributed by atoms with Crippen molar-refractivity contribution in [3.05, 3.63) is 23.9 Å². The van der Waals surface area contributed by atoms with Gasteiger partial charge in [-0.1, -0.05) is 0 Å². The molecule has 122 valence electrons. The molecule has 1 N–H and O–H groups in total. The van der Waals surface area contributed by atoms with Crippen molar-refractivity contribution in [1.29, 1.82) is 0 Å². The molecule has 0 radical (unpaired) electrons. The fourth-order valence-electron chi connectivity index (χ4n) is 3.97. The number of rotatable bonds is 3. The number of nitrogens with zero attached hydrogens (tertiary/aromatic N) is 2. The van der Waals surface area contributed by atoms with Gasteiger partial charge in [0.05, 0.1) is 11.8 Å².